The number of fused-ring (bicyclic) bond motifs is 1. The number of hydrogen-bond acceptors (Lipinski definition) is 1. The van der Waals surface area contributed by atoms with Crippen molar-refractivity contribution in [1.29, 1.82) is 0 Å². The molecule has 0 aliphatic heterocycles. The molecule has 0 fully saturated rings. The topological polar surface area (TPSA) is 17.0 Å². The Morgan fingerprint density at radius 3 is 2.63 bits per heavy atom. The summed E-state index contributed by atoms with van der Waals surface area (Å²) in [5.74, 6) is -0.160. The number of nitrogens with one attached hydrogen (secondary N) is 1. The molecule has 1 heterocycles. The molecule has 0 unspecified atom stereocenters. The Kier molecular flexibility index (Phi) is 3.19. The van der Waals surface area contributed by atoms with Gasteiger partial charge in [-0.05, 0) is 30.3 Å². The predicted molar refractivity (Wildman–Crippen MR) is 76.8 cm³/mol. The van der Waals surface area contributed by atoms with Crippen LogP contribution in [0.25, 0.3) is 10.9 Å². The number of aromatic nitrogens is 1. The molecule has 0 spiro atoms. The molecule has 1 aromatic heterocycles. The van der Waals surface area contributed by atoms with E-state index in [2.05, 4.69) is 9.88 Å². The minimum Gasteiger partial charge on any atom is -0.383 e. The van der Waals surface area contributed by atoms with Gasteiger partial charge in [0.15, 0.2) is 0 Å². The standard InChI is InChI=1S/C16H15FN2/c17-15-7-4-8-16-14(15)9-11-19(16)12-10-18-13-5-2-1-3-6-13/h1-9,11,18H,10,12H2. The lowest BCUT2D eigenvalue weighted by Gasteiger charge is -2.08. The third kappa shape index (κ3) is 2.45. The summed E-state index contributed by atoms with van der Waals surface area (Å²) in [4.78, 5) is 0. The van der Waals surface area contributed by atoms with Gasteiger partial charge in [0.2, 0.25) is 0 Å². The molecule has 3 heteroatoms. The van der Waals surface area contributed by atoms with Crippen LogP contribution in [-0.4, -0.2) is 11.1 Å². The third-order valence-electron chi connectivity index (χ3n) is 3.22. The van der Waals surface area contributed by atoms with Crippen molar-refractivity contribution in [1.82, 2.24) is 4.57 Å². The molecule has 0 amide bonds. The molecule has 2 aromatic carbocycles. The number of rotatable bonds is 4. The highest BCUT2D eigenvalue weighted by Gasteiger charge is 2.04. The van der Waals surface area contributed by atoms with Gasteiger partial charge in [-0.2, -0.15) is 0 Å². The summed E-state index contributed by atoms with van der Waals surface area (Å²) in [6.07, 6.45) is 1.93. The number of halogens is 1. The van der Waals surface area contributed by atoms with Crippen molar-refractivity contribution >= 4 is 16.6 Å². The summed E-state index contributed by atoms with van der Waals surface area (Å²) in [7, 11) is 0. The maximum absolute atomic E-state index is 13.6. The third-order valence-corrected chi connectivity index (χ3v) is 3.22. The zero-order chi connectivity index (χ0) is 13.1. The number of para-hydroxylation sites is 1. The van der Waals surface area contributed by atoms with E-state index in [1.165, 1.54) is 6.07 Å². The van der Waals surface area contributed by atoms with Crippen LogP contribution in [0.4, 0.5) is 10.1 Å². The first-order valence-corrected chi connectivity index (χ1v) is 6.37. The van der Waals surface area contributed by atoms with E-state index in [0.717, 1.165) is 24.3 Å². The van der Waals surface area contributed by atoms with Crippen molar-refractivity contribution in [2.45, 2.75) is 6.54 Å². The fourth-order valence-corrected chi connectivity index (χ4v) is 2.26. The van der Waals surface area contributed by atoms with Crippen LogP contribution in [0.2, 0.25) is 0 Å². The smallest absolute Gasteiger partial charge is 0.132 e. The van der Waals surface area contributed by atoms with Crippen LogP contribution in [0.3, 0.4) is 0 Å². The summed E-state index contributed by atoms with van der Waals surface area (Å²) >= 11 is 0. The fraction of sp³-hybridized carbons (Fsp3) is 0.125. The van der Waals surface area contributed by atoms with Gasteiger partial charge >= 0.3 is 0 Å². The molecule has 2 nitrogen and oxygen atoms in total. The van der Waals surface area contributed by atoms with Crippen LogP contribution in [0.1, 0.15) is 0 Å². The van der Waals surface area contributed by atoms with Crippen LogP contribution in [-0.2, 0) is 6.54 Å². The molecule has 3 rings (SSSR count). The van der Waals surface area contributed by atoms with Gasteiger partial charge in [-0.15, -0.1) is 0 Å². The molecule has 0 aliphatic carbocycles. The summed E-state index contributed by atoms with van der Waals surface area (Å²) < 4.78 is 15.6. The van der Waals surface area contributed by atoms with E-state index in [1.807, 2.05) is 48.7 Å². The van der Waals surface area contributed by atoms with Crippen LogP contribution >= 0.6 is 0 Å². The molecule has 0 atom stereocenters. The SMILES string of the molecule is Fc1cccc2c1ccn2CCNc1ccccc1. The maximum atomic E-state index is 13.6. The largest absolute Gasteiger partial charge is 0.383 e. The van der Waals surface area contributed by atoms with Crippen molar-refractivity contribution < 1.29 is 4.39 Å². The van der Waals surface area contributed by atoms with Gasteiger partial charge in [-0.25, -0.2) is 4.39 Å². The highest BCUT2D eigenvalue weighted by Crippen LogP contribution is 2.18. The monoisotopic (exact) mass is 254 g/mol. The van der Waals surface area contributed by atoms with E-state index in [9.17, 15) is 4.39 Å². The molecule has 0 bridgehead atoms. The predicted octanol–water partition coefficient (Wildman–Crippen LogP) is 3.89. The van der Waals surface area contributed by atoms with Crippen LogP contribution in [0.5, 0.6) is 0 Å². The van der Waals surface area contributed by atoms with E-state index in [-0.39, 0.29) is 5.82 Å². The maximum Gasteiger partial charge on any atom is 0.132 e. The minimum absolute atomic E-state index is 0.160. The van der Waals surface area contributed by atoms with E-state index >= 15 is 0 Å². The number of hydrogen-bond donors (Lipinski definition) is 1. The molecular weight excluding hydrogens is 239 g/mol. The quantitative estimate of drug-likeness (QED) is 0.747. The lowest BCUT2D eigenvalue weighted by atomic mass is 10.2. The van der Waals surface area contributed by atoms with Crippen LogP contribution in [0.15, 0.2) is 60.8 Å². The van der Waals surface area contributed by atoms with Crippen molar-refractivity contribution in [3.8, 4) is 0 Å². The lowest BCUT2D eigenvalue weighted by molar-refractivity contribution is 0.639. The minimum atomic E-state index is -0.160. The van der Waals surface area contributed by atoms with E-state index in [4.69, 9.17) is 0 Å². The number of nitrogens with zero attached hydrogens (tertiary/aromatic N) is 1. The summed E-state index contributed by atoms with van der Waals surface area (Å²) in [5, 5.41) is 4.03. The zero-order valence-corrected chi connectivity index (χ0v) is 10.5. The Morgan fingerprint density at radius 2 is 1.79 bits per heavy atom. The second-order valence-corrected chi connectivity index (χ2v) is 4.47. The molecule has 0 radical (unpaired) electrons. The Labute approximate surface area is 111 Å². The second kappa shape index (κ2) is 5.14. The van der Waals surface area contributed by atoms with Gasteiger partial charge in [0.05, 0.1) is 5.52 Å². The van der Waals surface area contributed by atoms with E-state index in [1.54, 1.807) is 6.07 Å². The van der Waals surface area contributed by atoms with Gasteiger partial charge in [0.1, 0.15) is 5.82 Å². The van der Waals surface area contributed by atoms with Crippen molar-refractivity contribution in [3.05, 3.63) is 66.6 Å². The molecule has 96 valence electrons. The summed E-state index contributed by atoms with van der Waals surface area (Å²) in [6.45, 7) is 1.62. The Balaban J connectivity index is 1.71. The average Bonchev–Trinajstić information content (AvgIpc) is 2.85. The van der Waals surface area contributed by atoms with E-state index < -0.39 is 0 Å². The highest BCUT2D eigenvalue weighted by molar-refractivity contribution is 5.80. The van der Waals surface area contributed by atoms with Crippen molar-refractivity contribution in [3.63, 3.8) is 0 Å². The first-order chi connectivity index (χ1) is 9.34. The van der Waals surface area contributed by atoms with Gasteiger partial charge in [-0.1, -0.05) is 24.3 Å². The molecule has 1 N–H and O–H groups in total. The Hall–Kier alpha value is -2.29. The molecule has 3 aromatic rings. The first kappa shape index (κ1) is 11.8. The van der Waals surface area contributed by atoms with Crippen molar-refractivity contribution in [2.75, 3.05) is 11.9 Å². The van der Waals surface area contributed by atoms with Crippen LogP contribution in [0, 0.1) is 5.82 Å². The normalized spacial score (nSPS) is 10.8. The summed E-state index contributed by atoms with van der Waals surface area (Å²) in [5.41, 5.74) is 2.04. The molecular formula is C16H15FN2. The first-order valence-electron chi connectivity index (χ1n) is 6.37. The molecule has 0 aliphatic rings. The average molecular weight is 254 g/mol. The Bertz CT molecular complexity index is 674. The number of anilines is 1. The van der Waals surface area contributed by atoms with Crippen LogP contribution < -0.4 is 5.32 Å². The van der Waals surface area contributed by atoms with Gasteiger partial charge in [0.25, 0.3) is 0 Å². The summed E-state index contributed by atoms with van der Waals surface area (Å²) in [6, 6.07) is 17.1. The van der Waals surface area contributed by atoms with E-state index in [0.29, 0.717) is 5.39 Å². The lowest BCUT2D eigenvalue weighted by Crippen LogP contribution is -2.09. The molecule has 0 saturated heterocycles. The van der Waals surface area contributed by atoms with Crippen molar-refractivity contribution in [2.24, 2.45) is 0 Å². The fourth-order valence-electron chi connectivity index (χ4n) is 2.26. The van der Waals surface area contributed by atoms with Gasteiger partial charge in [-0.3, -0.25) is 0 Å². The molecule has 0 saturated carbocycles. The second-order valence-electron chi connectivity index (χ2n) is 4.47. The number of benzene rings is 2. The van der Waals surface area contributed by atoms with Gasteiger partial charge in [0, 0.05) is 30.4 Å². The molecule has 19 heavy (non-hydrogen) atoms. The zero-order valence-electron chi connectivity index (χ0n) is 10.5. The highest BCUT2D eigenvalue weighted by atomic mass is 19.1. The Morgan fingerprint density at radius 1 is 0.947 bits per heavy atom. The van der Waals surface area contributed by atoms with Gasteiger partial charge < -0.3 is 9.88 Å².